The highest BCUT2D eigenvalue weighted by molar-refractivity contribution is 14.0. The molecule has 0 amide bonds. The number of morpholine rings is 1. The summed E-state index contributed by atoms with van der Waals surface area (Å²) < 4.78 is 16.4. The lowest BCUT2D eigenvalue weighted by Gasteiger charge is -2.39. The molecule has 0 aliphatic carbocycles. The number of halogens is 1. The van der Waals surface area contributed by atoms with Crippen molar-refractivity contribution in [3.8, 4) is 11.5 Å². The number of hydrogen-bond acceptors (Lipinski definition) is 5. The van der Waals surface area contributed by atoms with E-state index < -0.39 is 0 Å². The minimum absolute atomic E-state index is 0. The molecule has 0 aromatic heterocycles. The largest absolute Gasteiger partial charge is 0.454 e. The fraction of sp³-hybridized carbons (Fsp3) is 0.667. The number of nitrogens with one attached hydrogen (secondary N) is 2. The van der Waals surface area contributed by atoms with Gasteiger partial charge < -0.3 is 24.8 Å². The lowest BCUT2D eigenvalue weighted by molar-refractivity contribution is 0.00272. The van der Waals surface area contributed by atoms with Crippen molar-refractivity contribution in [1.82, 2.24) is 15.5 Å². The van der Waals surface area contributed by atoms with E-state index in [0.29, 0.717) is 25.3 Å². The first-order valence-corrected chi connectivity index (χ1v) is 10.4. The minimum atomic E-state index is 0. The smallest absolute Gasteiger partial charge is 0.231 e. The molecule has 3 rings (SSSR count). The van der Waals surface area contributed by atoms with Crippen LogP contribution >= 0.6 is 24.0 Å². The zero-order valence-corrected chi connectivity index (χ0v) is 20.1. The molecule has 0 bridgehead atoms. The summed E-state index contributed by atoms with van der Waals surface area (Å²) in [5.74, 6) is 3.10. The standard InChI is InChI=1S/C21H34N4O3.HI/c1-4-17(5-2)18(25-8-10-26-11-9-25)14-24-21(22-3)23-13-16-6-7-19-20(12-16)28-15-27-19;/h6-7,12,17-18H,4-5,8-11,13-15H2,1-3H3,(H2,22,23,24);1H. The molecule has 2 aliphatic rings. The average molecular weight is 518 g/mol. The van der Waals surface area contributed by atoms with Gasteiger partial charge >= 0.3 is 0 Å². The third-order valence-electron chi connectivity index (χ3n) is 5.71. The highest BCUT2D eigenvalue weighted by Crippen LogP contribution is 2.32. The molecule has 1 fully saturated rings. The lowest BCUT2D eigenvalue weighted by atomic mass is 9.92. The van der Waals surface area contributed by atoms with E-state index in [1.54, 1.807) is 0 Å². The summed E-state index contributed by atoms with van der Waals surface area (Å²) in [6.07, 6.45) is 2.37. The molecule has 1 saturated heterocycles. The fourth-order valence-corrected chi connectivity index (χ4v) is 3.99. The maximum Gasteiger partial charge on any atom is 0.231 e. The molecule has 7 nitrogen and oxygen atoms in total. The van der Waals surface area contributed by atoms with Crippen molar-refractivity contribution in [1.29, 1.82) is 0 Å². The van der Waals surface area contributed by atoms with Crippen molar-refractivity contribution >= 4 is 29.9 Å². The quantitative estimate of drug-likeness (QED) is 0.314. The van der Waals surface area contributed by atoms with Gasteiger partial charge in [0.05, 0.1) is 13.2 Å². The van der Waals surface area contributed by atoms with Gasteiger partial charge in [-0.05, 0) is 23.6 Å². The van der Waals surface area contributed by atoms with E-state index in [-0.39, 0.29) is 24.0 Å². The zero-order valence-electron chi connectivity index (χ0n) is 17.8. The Bertz CT molecular complexity index is 649. The summed E-state index contributed by atoms with van der Waals surface area (Å²) in [6.45, 7) is 10.1. The first-order chi connectivity index (χ1) is 13.7. The third-order valence-corrected chi connectivity index (χ3v) is 5.71. The highest BCUT2D eigenvalue weighted by Gasteiger charge is 2.27. The first kappa shape index (κ1) is 24.0. The van der Waals surface area contributed by atoms with Gasteiger partial charge in [0, 0.05) is 39.3 Å². The van der Waals surface area contributed by atoms with Crippen molar-refractivity contribution in [3.63, 3.8) is 0 Å². The molecule has 164 valence electrons. The van der Waals surface area contributed by atoms with Crippen molar-refractivity contribution in [3.05, 3.63) is 23.8 Å². The Labute approximate surface area is 191 Å². The molecule has 8 heteroatoms. The molecule has 2 N–H and O–H groups in total. The second-order valence-electron chi connectivity index (χ2n) is 7.29. The molecule has 1 aromatic carbocycles. The normalized spacial score (nSPS) is 17.7. The SMILES string of the molecule is CCC(CC)C(CNC(=NC)NCc1ccc2c(c1)OCO2)N1CCOCC1.I. The van der Waals surface area contributed by atoms with Gasteiger partial charge in [-0.2, -0.15) is 0 Å². The first-order valence-electron chi connectivity index (χ1n) is 10.4. The van der Waals surface area contributed by atoms with Gasteiger partial charge in [-0.15, -0.1) is 24.0 Å². The molecular weight excluding hydrogens is 483 g/mol. The van der Waals surface area contributed by atoms with Crippen LogP contribution in [0.1, 0.15) is 32.3 Å². The van der Waals surface area contributed by atoms with Crippen LogP contribution < -0.4 is 20.1 Å². The van der Waals surface area contributed by atoms with Crippen LogP contribution in [0.4, 0.5) is 0 Å². The summed E-state index contributed by atoms with van der Waals surface area (Å²) in [5, 5.41) is 6.95. The summed E-state index contributed by atoms with van der Waals surface area (Å²) in [5.41, 5.74) is 1.14. The number of nitrogens with zero attached hydrogens (tertiary/aromatic N) is 2. The van der Waals surface area contributed by atoms with Crippen molar-refractivity contribution in [2.75, 3.05) is 46.7 Å². The van der Waals surface area contributed by atoms with Crippen LogP contribution in [-0.2, 0) is 11.3 Å². The molecule has 1 aromatic rings. The minimum Gasteiger partial charge on any atom is -0.454 e. The Morgan fingerprint density at radius 1 is 1.10 bits per heavy atom. The van der Waals surface area contributed by atoms with Gasteiger partial charge in [-0.1, -0.05) is 32.8 Å². The number of fused-ring (bicyclic) bond motifs is 1. The van der Waals surface area contributed by atoms with Gasteiger partial charge in [0.1, 0.15) is 0 Å². The third kappa shape index (κ3) is 6.62. The van der Waals surface area contributed by atoms with Crippen LogP contribution in [0.25, 0.3) is 0 Å². The zero-order chi connectivity index (χ0) is 19.8. The summed E-state index contributed by atoms with van der Waals surface area (Å²) in [6, 6.07) is 6.51. The van der Waals surface area contributed by atoms with Crippen molar-refractivity contribution in [2.45, 2.75) is 39.3 Å². The average Bonchev–Trinajstić information content (AvgIpc) is 3.21. The highest BCUT2D eigenvalue weighted by atomic mass is 127. The summed E-state index contributed by atoms with van der Waals surface area (Å²) in [4.78, 5) is 6.97. The molecule has 0 saturated carbocycles. The van der Waals surface area contributed by atoms with Gasteiger partial charge in [-0.25, -0.2) is 0 Å². The maximum absolute atomic E-state index is 5.55. The Balaban J connectivity index is 0.00000300. The number of guanidine groups is 1. The monoisotopic (exact) mass is 518 g/mol. The molecule has 1 unspecified atom stereocenters. The number of rotatable bonds is 8. The van der Waals surface area contributed by atoms with Gasteiger partial charge in [0.25, 0.3) is 0 Å². The van der Waals surface area contributed by atoms with Crippen LogP contribution in [0.5, 0.6) is 11.5 Å². The van der Waals surface area contributed by atoms with Crippen LogP contribution in [0.2, 0.25) is 0 Å². The van der Waals surface area contributed by atoms with Crippen LogP contribution in [0.3, 0.4) is 0 Å². The van der Waals surface area contributed by atoms with E-state index >= 15 is 0 Å². The van der Waals surface area contributed by atoms with Crippen molar-refractivity contribution in [2.24, 2.45) is 10.9 Å². The number of benzene rings is 1. The van der Waals surface area contributed by atoms with E-state index in [4.69, 9.17) is 14.2 Å². The number of ether oxygens (including phenoxy) is 3. The second-order valence-corrected chi connectivity index (χ2v) is 7.29. The van der Waals surface area contributed by atoms with Crippen LogP contribution in [0, 0.1) is 5.92 Å². The van der Waals surface area contributed by atoms with E-state index in [0.717, 1.165) is 55.9 Å². The Kier molecular flexibility index (Phi) is 10.3. The summed E-state index contributed by atoms with van der Waals surface area (Å²) in [7, 11) is 1.82. The topological polar surface area (TPSA) is 67.4 Å². The van der Waals surface area contributed by atoms with E-state index in [2.05, 4.69) is 40.4 Å². The molecular formula is C21H35IN4O3. The molecule has 0 radical (unpaired) electrons. The Hall–Kier alpha value is -1.26. The molecule has 29 heavy (non-hydrogen) atoms. The predicted octanol–water partition coefficient (Wildman–Crippen LogP) is 2.84. The molecule has 2 heterocycles. The van der Waals surface area contributed by atoms with Gasteiger partial charge in [0.2, 0.25) is 6.79 Å². The molecule has 2 aliphatic heterocycles. The second kappa shape index (κ2) is 12.4. The number of hydrogen-bond donors (Lipinski definition) is 2. The Morgan fingerprint density at radius 3 is 2.52 bits per heavy atom. The maximum atomic E-state index is 5.55. The van der Waals surface area contributed by atoms with E-state index in [9.17, 15) is 0 Å². The molecule has 1 atom stereocenters. The number of aliphatic imine (C=N–C) groups is 1. The lowest BCUT2D eigenvalue weighted by Crippen LogP contribution is -2.53. The fourth-order valence-electron chi connectivity index (χ4n) is 3.99. The summed E-state index contributed by atoms with van der Waals surface area (Å²) >= 11 is 0. The van der Waals surface area contributed by atoms with E-state index in [1.807, 2.05) is 19.2 Å². The van der Waals surface area contributed by atoms with Gasteiger partial charge in [-0.3, -0.25) is 9.89 Å². The van der Waals surface area contributed by atoms with Crippen LogP contribution in [0.15, 0.2) is 23.2 Å². The van der Waals surface area contributed by atoms with Crippen LogP contribution in [-0.4, -0.2) is 63.6 Å². The molecule has 0 spiro atoms. The van der Waals surface area contributed by atoms with E-state index in [1.165, 1.54) is 12.8 Å². The van der Waals surface area contributed by atoms with Gasteiger partial charge in [0.15, 0.2) is 17.5 Å². The Morgan fingerprint density at radius 2 is 1.83 bits per heavy atom. The van der Waals surface area contributed by atoms with Crippen molar-refractivity contribution < 1.29 is 14.2 Å². The predicted molar refractivity (Wildman–Crippen MR) is 126 cm³/mol.